The fraction of sp³-hybridized carbons (Fsp3) is 0.478. The van der Waals surface area contributed by atoms with Gasteiger partial charge in [-0.1, -0.05) is 30.2 Å². The highest BCUT2D eigenvalue weighted by atomic mass is 32.1. The molecule has 5 rings (SSSR count). The fourth-order valence-electron chi connectivity index (χ4n) is 4.62. The second-order valence-electron chi connectivity index (χ2n) is 8.27. The number of anilines is 1. The van der Waals surface area contributed by atoms with Crippen molar-refractivity contribution in [3.8, 4) is 11.1 Å². The molecule has 1 saturated heterocycles. The van der Waals surface area contributed by atoms with Crippen LogP contribution in [0.1, 0.15) is 38.5 Å². The number of pyridine rings is 1. The molecule has 1 aromatic carbocycles. The quantitative estimate of drug-likeness (QED) is 0.632. The third kappa shape index (κ3) is 3.83. The summed E-state index contributed by atoms with van der Waals surface area (Å²) in [6.07, 6.45) is 12.1. The average Bonchev–Trinajstić information content (AvgIpc) is 3.36. The van der Waals surface area contributed by atoms with Crippen LogP contribution < -0.4 is 9.77 Å². The Kier molecular flexibility index (Phi) is 5.14. The molecule has 3 aromatic rings. The summed E-state index contributed by atoms with van der Waals surface area (Å²) < 4.78 is 9.04. The predicted octanol–water partition coefficient (Wildman–Crippen LogP) is 4.59. The number of aromatic nitrogens is 2. The second kappa shape index (κ2) is 7.92. The third-order valence-electron chi connectivity index (χ3n) is 6.34. The summed E-state index contributed by atoms with van der Waals surface area (Å²) >= 11 is 1.30. The summed E-state index contributed by atoms with van der Waals surface area (Å²) in [6, 6.07) is 8.43. The van der Waals surface area contributed by atoms with Crippen LogP contribution in [0.25, 0.3) is 21.3 Å². The van der Waals surface area contributed by atoms with Gasteiger partial charge in [-0.05, 0) is 49.4 Å². The van der Waals surface area contributed by atoms with Gasteiger partial charge >= 0.3 is 4.87 Å². The summed E-state index contributed by atoms with van der Waals surface area (Å²) in [6.45, 7) is 2.03. The lowest BCUT2D eigenvalue weighted by atomic mass is 10.0. The van der Waals surface area contributed by atoms with Gasteiger partial charge in [0.15, 0.2) is 0 Å². The Hall–Kier alpha value is -2.18. The number of hydrogen-bond donors (Lipinski definition) is 0. The van der Waals surface area contributed by atoms with E-state index in [0.717, 1.165) is 47.3 Å². The van der Waals surface area contributed by atoms with Gasteiger partial charge in [0, 0.05) is 31.9 Å². The second-order valence-corrected chi connectivity index (χ2v) is 9.26. The van der Waals surface area contributed by atoms with Crippen molar-refractivity contribution in [2.75, 3.05) is 18.0 Å². The first kappa shape index (κ1) is 18.8. The Morgan fingerprint density at radius 1 is 1.00 bits per heavy atom. The number of rotatable bonds is 4. The molecule has 5 nitrogen and oxygen atoms in total. The summed E-state index contributed by atoms with van der Waals surface area (Å²) in [7, 11) is 1.82. The largest absolute Gasteiger partial charge is 0.375 e. The van der Waals surface area contributed by atoms with Crippen LogP contribution >= 0.6 is 11.3 Å². The van der Waals surface area contributed by atoms with Crippen LogP contribution in [-0.4, -0.2) is 34.8 Å². The van der Waals surface area contributed by atoms with Crippen LogP contribution in [0.5, 0.6) is 0 Å². The van der Waals surface area contributed by atoms with Crippen molar-refractivity contribution in [3.63, 3.8) is 0 Å². The smallest absolute Gasteiger partial charge is 0.307 e. The van der Waals surface area contributed by atoms with Crippen LogP contribution in [0.4, 0.5) is 5.69 Å². The van der Waals surface area contributed by atoms with E-state index in [2.05, 4.69) is 28.1 Å². The van der Waals surface area contributed by atoms with Crippen LogP contribution in [-0.2, 0) is 11.8 Å². The SMILES string of the molecule is Cn1c(=O)sc2cc(-c3cncc(N4CCC(OC5CCCC5)CC4)c3)ccc21. The van der Waals surface area contributed by atoms with Crippen molar-refractivity contribution in [3.05, 3.63) is 46.3 Å². The maximum atomic E-state index is 11.9. The molecule has 6 heteroatoms. The number of aryl methyl sites for hydroxylation is 1. The summed E-state index contributed by atoms with van der Waals surface area (Å²) in [5, 5.41) is 0. The van der Waals surface area contributed by atoms with Gasteiger partial charge in [0.05, 0.1) is 34.3 Å². The molecule has 152 valence electrons. The predicted molar refractivity (Wildman–Crippen MR) is 119 cm³/mol. The van der Waals surface area contributed by atoms with Gasteiger partial charge < -0.3 is 14.2 Å². The maximum absolute atomic E-state index is 11.9. The van der Waals surface area contributed by atoms with E-state index in [4.69, 9.17) is 4.74 Å². The van der Waals surface area contributed by atoms with Gasteiger partial charge in [0.1, 0.15) is 0 Å². The Labute approximate surface area is 174 Å². The van der Waals surface area contributed by atoms with Crippen LogP contribution in [0.3, 0.4) is 0 Å². The standard InChI is InChI=1S/C23H27N3O2S/c1-25-21-7-6-16(13-22(21)29-23(25)27)17-12-18(15-24-14-17)26-10-8-20(9-11-26)28-19-4-2-3-5-19/h6-7,12-15,19-20H,2-5,8-11H2,1H3. The lowest BCUT2D eigenvalue weighted by molar-refractivity contribution is -0.0194. The lowest BCUT2D eigenvalue weighted by Crippen LogP contribution is -2.38. The normalized spacial score (nSPS) is 18.7. The minimum Gasteiger partial charge on any atom is -0.375 e. The molecule has 0 bridgehead atoms. The van der Waals surface area contributed by atoms with Crippen LogP contribution in [0.2, 0.25) is 0 Å². The Bertz CT molecular complexity index is 1060. The average molecular weight is 410 g/mol. The third-order valence-corrected chi connectivity index (χ3v) is 7.34. The molecule has 1 aliphatic carbocycles. The molecule has 2 fully saturated rings. The molecular formula is C23H27N3O2S. The Balaban J connectivity index is 1.30. The molecular weight excluding hydrogens is 382 g/mol. The number of piperidine rings is 1. The van der Waals surface area contributed by atoms with Crippen LogP contribution in [0.15, 0.2) is 41.5 Å². The van der Waals surface area contributed by atoms with Crippen molar-refractivity contribution in [1.82, 2.24) is 9.55 Å². The van der Waals surface area contributed by atoms with Crippen molar-refractivity contribution in [2.45, 2.75) is 50.7 Å². The summed E-state index contributed by atoms with van der Waals surface area (Å²) in [4.78, 5) is 18.9. The van der Waals surface area contributed by atoms with Gasteiger partial charge in [0.2, 0.25) is 0 Å². The Morgan fingerprint density at radius 3 is 2.55 bits per heavy atom. The van der Waals surface area contributed by atoms with E-state index in [1.165, 1.54) is 42.7 Å². The minimum absolute atomic E-state index is 0.0757. The van der Waals surface area contributed by atoms with Crippen molar-refractivity contribution < 1.29 is 4.74 Å². The highest BCUT2D eigenvalue weighted by Gasteiger charge is 2.25. The molecule has 2 aliphatic rings. The van der Waals surface area contributed by atoms with Crippen molar-refractivity contribution in [1.29, 1.82) is 0 Å². The summed E-state index contributed by atoms with van der Waals surface area (Å²) in [5.41, 5.74) is 4.35. The fourth-order valence-corrected chi connectivity index (χ4v) is 5.54. The number of nitrogens with zero attached hydrogens (tertiary/aromatic N) is 3. The molecule has 3 heterocycles. The van der Waals surface area contributed by atoms with Crippen molar-refractivity contribution >= 4 is 27.2 Å². The molecule has 0 N–H and O–H groups in total. The zero-order valence-corrected chi connectivity index (χ0v) is 17.7. The molecule has 0 amide bonds. The van der Waals surface area contributed by atoms with Gasteiger partial charge in [0.25, 0.3) is 0 Å². The Morgan fingerprint density at radius 2 is 1.76 bits per heavy atom. The summed E-state index contributed by atoms with van der Waals surface area (Å²) in [5.74, 6) is 0. The zero-order valence-electron chi connectivity index (χ0n) is 16.8. The van der Waals surface area contributed by atoms with E-state index in [0.29, 0.717) is 12.2 Å². The zero-order chi connectivity index (χ0) is 19.8. The molecule has 0 unspecified atom stereocenters. The maximum Gasteiger partial charge on any atom is 0.307 e. The molecule has 1 saturated carbocycles. The number of benzene rings is 1. The van der Waals surface area contributed by atoms with E-state index in [-0.39, 0.29) is 4.87 Å². The highest BCUT2D eigenvalue weighted by Crippen LogP contribution is 2.30. The first-order valence-corrected chi connectivity index (χ1v) is 11.4. The van der Waals surface area contributed by atoms with E-state index >= 15 is 0 Å². The molecule has 29 heavy (non-hydrogen) atoms. The van der Waals surface area contributed by atoms with E-state index in [9.17, 15) is 4.79 Å². The van der Waals surface area contributed by atoms with Gasteiger partial charge in [-0.3, -0.25) is 9.78 Å². The topological polar surface area (TPSA) is 47.4 Å². The van der Waals surface area contributed by atoms with Crippen LogP contribution in [0, 0.1) is 0 Å². The first-order chi connectivity index (χ1) is 14.2. The first-order valence-electron chi connectivity index (χ1n) is 10.6. The van der Waals surface area contributed by atoms with E-state index in [1.54, 1.807) is 4.57 Å². The van der Waals surface area contributed by atoms with Gasteiger partial charge in [-0.15, -0.1) is 0 Å². The molecule has 0 atom stereocenters. The van der Waals surface area contributed by atoms with E-state index < -0.39 is 0 Å². The number of hydrogen-bond acceptors (Lipinski definition) is 5. The molecule has 0 spiro atoms. The lowest BCUT2D eigenvalue weighted by Gasteiger charge is -2.34. The molecule has 2 aromatic heterocycles. The monoisotopic (exact) mass is 409 g/mol. The van der Waals surface area contributed by atoms with Gasteiger partial charge in [-0.25, -0.2) is 0 Å². The minimum atomic E-state index is 0.0757. The van der Waals surface area contributed by atoms with Crippen molar-refractivity contribution in [2.24, 2.45) is 7.05 Å². The number of fused-ring (bicyclic) bond motifs is 1. The van der Waals surface area contributed by atoms with E-state index in [1.807, 2.05) is 25.5 Å². The molecule has 1 aliphatic heterocycles. The molecule has 0 radical (unpaired) electrons. The van der Waals surface area contributed by atoms with Gasteiger partial charge in [-0.2, -0.15) is 0 Å². The number of thiazole rings is 1. The number of ether oxygens (including phenoxy) is 1. The highest BCUT2D eigenvalue weighted by molar-refractivity contribution is 7.16.